The predicted octanol–water partition coefficient (Wildman–Crippen LogP) is 1.87. The maximum absolute atomic E-state index is 10.1. The molecule has 0 aromatic heterocycles. The maximum Gasteiger partial charge on any atom is 0.118 e. The van der Waals surface area contributed by atoms with Gasteiger partial charge in [-0.3, -0.25) is 0 Å². The van der Waals surface area contributed by atoms with E-state index in [0.717, 1.165) is 30.7 Å². The van der Waals surface area contributed by atoms with Gasteiger partial charge in [-0.25, -0.2) is 0 Å². The Morgan fingerprint density at radius 1 is 1.25 bits per heavy atom. The third-order valence-corrected chi connectivity index (χ3v) is 4.34. The SMILES string of the molecule is COc1ccc(C(O)CNCC2(CO)CCCC2)cc1. The lowest BCUT2D eigenvalue weighted by Crippen LogP contribution is -2.37. The van der Waals surface area contributed by atoms with Crippen LogP contribution in [-0.4, -0.2) is 37.0 Å². The first-order valence-corrected chi connectivity index (χ1v) is 7.33. The summed E-state index contributed by atoms with van der Waals surface area (Å²) in [5, 5.41) is 23.0. The van der Waals surface area contributed by atoms with Crippen LogP contribution in [0, 0.1) is 5.41 Å². The summed E-state index contributed by atoms with van der Waals surface area (Å²) in [6.45, 7) is 1.52. The highest BCUT2D eigenvalue weighted by Crippen LogP contribution is 2.36. The van der Waals surface area contributed by atoms with Gasteiger partial charge in [0.15, 0.2) is 0 Å². The Hall–Kier alpha value is -1.10. The van der Waals surface area contributed by atoms with E-state index < -0.39 is 6.10 Å². The molecule has 20 heavy (non-hydrogen) atoms. The van der Waals surface area contributed by atoms with Crippen molar-refractivity contribution in [3.63, 3.8) is 0 Å². The number of nitrogens with one attached hydrogen (secondary N) is 1. The van der Waals surface area contributed by atoms with Gasteiger partial charge < -0.3 is 20.3 Å². The van der Waals surface area contributed by atoms with E-state index in [4.69, 9.17) is 4.74 Å². The van der Waals surface area contributed by atoms with Crippen LogP contribution in [0.3, 0.4) is 0 Å². The van der Waals surface area contributed by atoms with Crippen molar-refractivity contribution in [3.8, 4) is 5.75 Å². The lowest BCUT2D eigenvalue weighted by atomic mass is 9.87. The molecular weight excluding hydrogens is 254 g/mol. The van der Waals surface area contributed by atoms with Gasteiger partial charge in [-0.15, -0.1) is 0 Å². The van der Waals surface area contributed by atoms with E-state index >= 15 is 0 Å². The Balaban J connectivity index is 1.80. The third kappa shape index (κ3) is 3.72. The summed E-state index contributed by atoms with van der Waals surface area (Å²) < 4.78 is 5.10. The maximum atomic E-state index is 10.1. The quantitative estimate of drug-likeness (QED) is 0.713. The summed E-state index contributed by atoms with van der Waals surface area (Å²) in [7, 11) is 1.63. The van der Waals surface area contributed by atoms with Gasteiger partial charge in [-0.1, -0.05) is 25.0 Å². The van der Waals surface area contributed by atoms with Crippen molar-refractivity contribution in [3.05, 3.63) is 29.8 Å². The van der Waals surface area contributed by atoms with Crippen molar-refractivity contribution in [2.45, 2.75) is 31.8 Å². The topological polar surface area (TPSA) is 61.7 Å². The number of benzene rings is 1. The summed E-state index contributed by atoms with van der Waals surface area (Å²) in [4.78, 5) is 0. The number of ether oxygens (including phenoxy) is 1. The molecule has 0 saturated heterocycles. The van der Waals surface area contributed by atoms with Gasteiger partial charge >= 0.3 is 0 Å². The molecule has 1 aliphatic carbocycles. The first kappa shape index (κ1) is 15.3. The first-order valence-electron chi connectivity index (χ1n) is 7.33. The van der Waals surface area contributed by atoms with Crippen molar-refractivity contribution in [2.24, 2.45) is 5.41 Å². The molecule has 0 radical (unpaired) electrons. The predicted molar refractivity (Wildman–Crippen MR) is 78.8 cm³/mol. The van der Waals surface area contributed by atoms with Crippen molar-refractivity contribution in [1.29, 1.82) is 0 Å². The highest BCUT2D eigenvalue weighted by Gasteiger charge is 2.32. The Morgan fingerprint density at radius 3 is 2.45 bits per heavy atom. The standard InChI is InChI=1S/C16H25NO3/c1-20-14-6-4-13(5-7-14)15(19)10-17-11-16(12-18)8-2-3-9-16/h4-7,15,17-19H,2-3,8-12H2,1H3. The molecule has 0 heterocycles. The van der Waals surface area contributed by atoms with Gasteiger partial charge in [0.1, 0.15) is 5.75 Å². The van der Waals surface area contributed by atoms with Crippen LogP contribution in [0.15, 0.2) is 24.3 Å². The average molecular weight is 279 g/mol. The molecule has 112 valence electrons. The summed E-state index contributed by atoms with van der Waals surface area (Å²) >= 11 is 0. The highest BCUT2D eigenvalue weighted by atomic mass is 16.5. The van der Waals surface area contributed by atoms with Crippen LogP contribution in [0.25, 0.3) is 0 Å². The van der Waals surface area contributed by atoms with Crippen LogP contribution in [0.4, 0.5) is 0 Å². The molecule has 1 unspecified atom stereocenters. The number of aliphatic hydroxyl groups excluding tert-OH is 2. The molecule has 1 aromatic rings. The van der Waals surface area contributed by atoms with E-state index in [1.54, 1.807) is 7.11 Å². The second-order valence-corrected chi connectivity index (χ2v) is 5.79. The zero-order chi connectivity index (χ0) is 14.4. The van der Waals surface area contributed by atoms with Gasteiger partial charge in [-0.05, 0) is 30.5 Å². The van der Waals surface area contributed by atoms with Gasteiger partial charge in [0.25, 0.3) is 0 Å². The summed E-state index contributed by atoms with van der Waals surface area (Å²) in [6.07, 6.45) is 4.02. The molecule has 4 heteroatoms. The molecule has 0 amide bonds. The minimum Gasteiger partial charge on any atom is -0.497 e. The average Bonchev–Trinajstić information content (AvgIpc) is 2.96. The zero-order valence-electron chi connectivity index (χ0n) is 12.1. The van der Waals surface area contributed by atoms with E-state index in [9.17, 15) is 10.2 Å². The second kappa shape index (κ2) is 7.07. The van der Waals surface area contributed by atoms with Gasteiger partial charge in [0.05, 0.1) is 13.2 Å². The van der Waals surface area contributed by atoms with Crippen LogP contribution in [0.5, 0.6) is 5.75 Å². The van der Waals surface area contributed by atoms with Gasteiger partial charge in [0, 0.05) is 25.1 Å². The summed E-state index contributed by atoms with van der Waals surface area (Å²) in [5.41, 5.74) is 0.905. The lowest BCUT2D eigenvalue weighted by Gasteiger charge is -2.27. The van der Waals surface area contributed by atoms with Crippen molar-refractivity contribution < 1.29 is 14.9 Å². The fraction of sp³-hybridized carbons (Fsp3) is 0.625. The van der Waals surface area contributed by atoms with E-state index in [-0.39, 0.29) is 12.0 Å². The van der Waals surface area contributed by atoms with Crippen LogP contribution >= 0.6 is 0 Å². The Kier molecular flexibility index (Phi) is 5.40. The number of hydrogen-bond donors (Lipinski definition) is 3. The van der Waals surface area contributed by atoms with Crippen molar-refractivity contribution in [1.82, 2.24) is 5.32 Å². The Morgan fingerprint density at radius 2 is 1.90 bits per heavy atom. The molecule has 2 rings (SSSR count). The lowest BCUT2D eigenvalue weighted by molar-refractivity contribution is 0.117. The van der Waals surface area contributed by atoms with Crippen LogP contribution in [0.2, 0.25) is 0 Å². The molecule has 1 aliphatic rings. The molecule has 0 bridgehead atoms. The largest absolute Gasteiger partial charge is 0.497 e. The fourth-order valence-corrected chi connectivity index (χ4v) is 2.93. The molecule has 1 atom stereocenters. The van der Waals surface area contributed by atoms with Crippen LogP contribution < -0.4 is 10.1 Å². The first-order chi connectivity index (χ1) is 9.69. The van der Waals surface area contributed by atoms with Gasteiger partial charge in [0.2, 0.25) is 0 Å². The van der Waals surface area contributed by atoms with E-state index in [2.05, 4.69) is 5.32 Å². The monoisotopic (exact) mass is 279 g/mol. The summed E-state index contributed by atoms with van der Waals surface area (Å²) in [6, 6.07) is 7.46. The third-order valence-electron chi connectivity index (χ3n) is 4.34. The highest BCUT2D eigenvalue weighted by molar-refractivity contribution is 5.28. The molecule has 0 aliphatic heterocycles. The number of hydrogen-bond acceptors (Lipinski definition) is 4. The Bertz CT molecular complexity index is 399. The number of methoxy groups -OCH3 is 1. The number of aliphatic hydroxyl groups is 2. The normalized spacial score (nSPS) is 18.9. The smallest absolute Gasteiger partial charge is 0.118 e. The Labute approximate surface area is 120 Å². The van der Waals surface area contributed by atoms with Crippen molar-refractivity contribution in [2.75, 3.05) is 26.8 Å². The van der Waals surface area contributed by atoms with Gasteiger partial charge in [-0.2, -0.15) is 0 Å². The van der Waals surface area contributed by atoms with E-state index in [0.29, 0.717) is 6.54 Å². The molecule has 4 nitrogen and oxygen atoms in total. The number of rotatable bonds is 7. The minimum absolute atomic E-state index is 0.0274. The van der Waals surface area contributed by atoms with E-state index in [1.165, 1.54) is 12.8 Å². The molecule has 1 saturated carbocycles. The molecule has 3 N–H and O–H groups in total. The molecule has 1 fully saturated rings. The minimum atomic E-state index is -0.530. The molecular formula is C16H25NO3. The van der Waals surface area contributed by atoms with Crippen LogP contribution in [0.1, 0.15) is 37.4 Å². The fourth-order valence-electron chi connectivity index (χ4n) is 2.93. The zero-order valence-corrected chi connectivity index (χ0v) is 12.1. The molecule has 0 spiro atoms. The summed E-state index contributed by atoms with van der Waals surface area (Å²) in [5.74, 6) is 0.791. The molecule has 1 aromatic carbocycles. The van der Waals surface area contributed by atoms with Crippen molar-refractivity contribution >= 4 is 0 Å². The van der Waals surface area contributed by atoms with Crippen LogP contribution in [-0.2, 0) is 0 Å². The second-order valence-electron chi connectivity index (χ2n) is 5.79. The van der Waals surface area contributed by atoms with E-state index in [1.807, 2.05) is 24.3 Å².